The Morgan fingerprint density at radius 1 is 1.31 bits per heavy atom. The molecular weight excluding hydrogens is 172 g/mol. The van der Waals surface area contributed by atoms with E-state index in [-0.39, 0.29) is 5.56 Å². The van der Waals surface area contributed by atoms with Gasteiger partial charge in [-0.25, -0.2) is 8.78 Å². The van der Waals surface area contributed by atoms with E-state index >= 15 is 0 Å². The van der Waals surface area contributed by atoms with Crippen LogP contribution in [0.1, 0.15) is 23.6 Å². The molecule has 0 unspecified atom stereocenters. The first kappa shape index (κ1) is 8.63. The van der Waals surface area contributed by atoms with Gasteiger partial charge in [0.1, 0.15) is 0 Å². The molecule has 1 aromatic carbocycles. The third kappa shape index (κ3) is 1.44. The zero-order valence-electron chi connectivity index (χ0n) is 7.40. The molecule has 70 valence electrons. The number of alkyl halides is 2. The second-order valence-corrected chi connectivity index (χ2v) is 3.44. The summed E-state index contributed by atoms with van der Waals surface area (Å²) in [4.78, 5) is 0. The smallest absolute Gasteiger partial charge is 0.270 e. The molecule has 0 saturated carbocycles. The third-order valence-electron chi connectivity index (χ3n) is 2.36. The molecule has 1 aliphatic rings. The topological polar surface area (TPSA) is 12.0 Å². The predicted molar refractivity (Wildman–Crippen MR) is 46.6 cm³/mol. The standard InChI is InChI=1S/C10H11F2N/c1-10(11,12)9-4-2-3-7-5-13-6-8(7)9/h2-4,13H,5-6H2,1H3. The summed E-state index contributed by atoms with van der Waals surface area (Å²) in [6.45, 7) is 2.22. The molecule has 13 heavy (non-hydrogen) atoms. The Balaban J connectivity index is 2.54. The van der Waals surface area contributed by atoms with Crippen molar-refractivity contribution in [3.8, 4) is 0 Å². The van der Waals surface area contributed by atoms with Crippen molar-refractivity contribution in [1.82, 2.24) is 5.32 Å². The zero-order valence-corrected chi connectivity index (χ0v) is 7.40. The lowest BCUT2D eigenvalue weighted by Gasteiger charge is -2.14. The minimum Gasteiger partial charge on any atom is -0.309 e. The Bertz CT molecular complexity index is 328. The van der Waals surface area contributed by atoms with Crippen LogP contribution in [0, 0.1) is 0 Å². The van der Waals surface area contributed by atoms with Crippen molar-refractivity contribution < 1.29 is 8.78 Å². The van der Waals surface area contributed by atoms with Gasteiger partial charge in [-0.05, 0) is 11.1 Å². The Morgan fingerprint density at radius 2 is 2.08 bits per heavy atom. The van der Waals surface area contributed by atoms with E-state index in [2.05, 4.69) is 5.32 Å². The molecule has 0 atom stereocenters. The van der Waals surface area contributed by atoms with E-state index in [0.717, 1.165) is 18.1 Å². The second-order valence-electron chi connectivity index (χ2n) is 3.44. The van der Waals surface area contributed by atoms with Crippen LogP contribution in [-0.2, 0) is 19.0 Å². The summed E-state index contributed by atoms with van der Waals surface area (Å²) in [5, 5.41) is 3.07. The largest absolute Gasteiger partial charge is 0.309 e. The average Bonchev–Trinajstić information content (AvgIpc) is 2.48. The molecule has 3 heteroatoms. The van der Waals surface area contributed by atoms with E-state index in [1.54, 1.807) is 6.07 Å². The molecule has 0 aromatic heterocycles. The maximum Gasteiger partial charge on any atom is 0.270 e. The maximum absolute atomic E-state index is 13.1. The van der Waals surface area contributed by atoms with E-state index in [0.29, 0.717) is 13.1 Å². The lowest BCUT2D eigenvalue weighted by Crippen LogP contribution is -2.11. The van der Waals surface area contributed by atoms with Crippen LogP contribution >= 0.6 is 0 Å². The lowest BCUT2D eigenvalue weighted by molar-refractivity contribution is 0.0166. The third-order valence-corrected chi connectivity index (χ3v) is 2.36. The quantitative estimate of drug-likeness (QED) is 0.705. The zero-order chi connectivity index (χ0) is 9.47. The molecule has 0 radical (unpaired) electrons. The van der Waals surface area contributed by atoms with Gasteiger partial charge in [0, 0.05) is 25.6 Å². The highest BCUT2D eigenvalue weighted by atomic mass is 19.3. The summed E-state index contributed by atoms with van der Waals surface area (Å²) in [6, 6.07) is 5.09. The average molecular weight is 183 g/mol. The molecule has 0 bridgehead atoms. The summed E-state index contributed by atoms with van der Waals surface area (Å²) >= 11 is 0. The fourth-order valence-corrected chi connectivity index (χ4v) is 1.74. The Morgan fingerprint density at radius 3 is 2.77 bits per heavy atom. The van der Waals surface area contributed by atoms with Crippen molar-refractivity contribution >= 4 is 0 Å². The summed E-state index contributed by atoms with van der Waals surface area (Å²) < 4.78 is 26.2. The summed E-state index contributed by atoms with van der Waals surface area (Å²) in [5.74, 6) is -2.72. The van der Waals surface area contributed by atoms with Crippen molar-refractivity contribution in [2.75, 3.05) is 0 Å². The highest BCUT2D eigenvalue weighted by Crippen LogP contribution is 2.32. The fraction of sp³-hybridized carbons (Fsp3) is 0.400. The van der Waals surface area contributed by atoms with Gasteiger partial charge in [-0.3, -0.25) is 0 Å². The van der Waals surface area contributed by atoms with Gasteiger partial charge in [0.2, 0.25) is 0 Å². The molecule has 0 saturated heterocycles. The normalized spacial score (nSPS) is 15.9. The van der Waals surface area contributed by atoms with Crippen LogP contribution in [0.25, 0.3) is 0 Å². The number of fused-ring (bicyclic) bond motifs is 1. The van der Waals surface area contributed by atoms with Gasteiger partial charge in [0.05, 0.1) is 0 Å². The SMILES string of the molecule is CC(F)(F)c1cccc2c1CNC2. The second kappa shape index (κ2) is 2.77. The molecule has 0 aliphatic carbocycles. The molecule has 1 nitrogen and oxygen atoms in total. The highest BCUT2D eigenvalue weighted by molar-refractivity contribution is 5.39. The van der Waals surface area contributed by atoms with Crippen molar-refractivity contribution in [3.63, 3.8) is 0 Å². The minimum absolute atomic E-state index is 0.162. The predicted octanol–water partition coefficient (Wildman–Crippen LogP) is 2.40. The molecule has 0 amide bonds. The first-order valence-electron chi connectivity index (χ1n) is 4.29. The van der Waals surface area contributed by atoms with Crippen molar-refractivity contribution in [1.29, 1.82) is 0 Å². The van der Waals surface area contributed by atoms with Gasteiger partial charge in [-0.15, -0.1) is 0 Å². The Hall–Kier alpha value is -0.960. The van der Waals surface area contributed by atoms with Crippen LogP contribution < -0.4 is 5.32 Å². The molecule has 0 fully saturated rings. The van der Waals surface area contributed by atoms with Crippen LogP contribution in [0.4, 0.5) is 8.78 Å². The van der Waals surface area contributed by atoms with Gasteiger partial charge in [-0.2, -0.15) is 0 Å². The molecule has 1 heterocycles. The number of benzene rings is 1. The van der Waals surface area contributed by atoms with Crippen LogP contribution in [-0.4, -0.2) is 0 Å². The Kier molecular flexibility index (Phi) is 1.84. The lowest BCUT2D eigenvalue weighted by atomic mass is 9.99. The molecule has 2 rings (SSSR count). The van der Waals surface area contributed by atoms with Gasteiger partial charge in [0.25, 0.3) is 5.92 Å². The molecule has 1 N–H and O–H groups in total. The summed E-state index contributed by atoms with van der Waals surface area (Å²) in [6.07, 6.45) is 0. The summed E-state index contributed by atoms with van der Waals surface area (Å²) in [5.41, 5.74) is 1.93. The van der Waals surface area contributed by atoms with E-state index in [4.69, 9.17) is 0 Å². The first-order valence-corrected chi connectivity index (χ1v) is 4.29. The van der Waals surface area contributed by atoms with Gasteiger partial charge in [-0.1, -0.05) is 18.2 Å². The molecular formula is C10H11F2N. The van der Waals surface area contributed by atoms with Crippen molar-refractivity contribution in [3.05, 3.63) is 34.9 Å². The van der Waals surface area contributed by atoms with Gasteiger partial charge >= 0.3 is 0 Å². The van der Waals surface area contributed by atoms with Gasteiger partial charge < -0.3 is 5.32 Å². The van der Waals surface area contributed by atoms with Crippen LogP contribution in [0.15, 0.2) is 18.2 Å². The molecule has 1 aromatic rings. The van der Waals surface area contributed by atoms with Gasteiger partial charge in [0.15, 0.2) is 0 Å². The summed E-state index contributed by atoms with van der Waals surface area (Å²) in [7, 11) is 0. The maximum atomic E-state index is 13.1. The van der Waals surface area contributed by atoms with Crippen LogP contribution in [0.2, 0.25) is 0 Å². The first-order chi connectivity index (χ1) is 6.09. The van der Waals surface area contributed by atoms with Crippen LogP contribution in [0.5, 0.6) is 0 Å². The minimum atomic E-state index is -2.72. The number of rotatable bonds is 1. The van der Waals surface area contributed by atoms with Crippen LogP contribution in [0.3, 0.4) is 0 Å². The number of hydrogen-bond donors (Lipinski definition) is 1. The monoisotopic (exact) mass is 183 g/mol. The van der Waals surface area contributed by atoms with Crippen molar-refractivity contribution in [2.24, 2.45) is 0 Å². The molecule has 1 aliphatic heterocycles. The van der Waals surface area contributed by atoms with E-state index in [9.17, 15) is 8.78 Å². The molecule has 0 spiro atoms. The Labute approximate surface area is 75.8 Å². The number of halogens is 2. The number of nitrogens with one attached hydrogen (secondary N) is 1. The highest BCUT2D eigenvalue weighted by Gasteiger charge is 2.29. The van der Waals surface area contributed by atoms with E-state index in [1.165, 1.54) is 6.07 Å². The van der Waals surface area contributed by atoms with E-state index < -0.39 is 5.92 Å². The fourth-order valence-electron chi connectivity index (χ4n) is 1.74. The number of hydrogen-bond acceptors (Lipinski definition) is 1. The van der Waals surface area contributed by atoms with Crippen molar-refractivity contribution in [2.45, 2.75) is 25.9 Å². The van der Waals surface area contributed by atoms with E-state index in [1.807, 2.05) is 6.07 Å².